The minimum atomic E-state index is 0.299. The Morgan fingerprint density at radius 1 is 0.750 bits per heavy atom. The molecule has 0 saturated carbocycles. The van der Waals surface area contributed by atoms with Gasteiger partial charge >= 0.3 is 0 Å². The molecular weight excluding hydrogens is 440 g/mol. The molecule has 0 radical (unpaired) electrons. The van der Waals surface area contributed by atoms with Crippen molar-refractivity contribution in [3.63, 3.8) is 0 Å². The molecule has 0 fully saturated rings. The Bertz CT molecular complexity index is 1700. The molecule has 0 unspecified atom stereocenters. The Labute approximate surface area is 210 Å². The summed E-state index contributed by atoms with van der Waals surface area (Å²) < 4.78 is 0. The molecule has 3 N–H and O–H groups in total. The molecule has 172 valence electrons. The van der Waals surface area contributed by atoms with Gasteiger partial charge in [0.05, 0.1) is 12.1 Å². The first kappa shape index (κ1) is 24.0. The Morgan fingerprint density at radius 3 is 1.69 bits per heavy atom. The van der Waals surface area contributed by atoms with Crippen molar-refractivity contribution in [2.24, 2.45) is 5.73 Å². The molecule has 4 aromatic rings. The van der Waals surface area contributed by atoms with Crippen LogP contribution in [-0.4, -0.2) is 6.21 Å². The van der Waals surface area contributed by atoms with Crippen molar-refractivity contribution >= 4 is 38.9 Å². The second kappa shape index (κ2) is 10.4. The molecule has 4 heteroatoms. The molecule has 0 aromatic heterocycles. The predicted octanol–water partition coefficient (Wildman–Crippen LogP) is 7.54. The van der Waals surface area contributed by atoms with Gasteiger partial charge in [-0.15, -0.1) is 0 Å². The number of nitrogens with zero attached hydrogens (tertiary/aromatic N) is 2. The summed E-state index contributed by atoms with van der Waals surface area (Å²) in [6.45, 7) is 5.50. The van der Waals surface area contributed by atoms with Crippen LogP contribution in [0.25, 0.3) is 43.8 Å². The number of fused-ring (bicyclic) bond motifs is 2. The van der Waals surface area contributed by atoms with E-state index in [9.17, 15) is 10.5 Å². The molecule has 0 aliphatic rings. The average molecular weight is 465 g/mol. The smallest absolute Gasteiger partial charge is 0.0985 e. The fourth-order valence-electron chi connectivity index (χ4n) is 4.47. The number of allylic oxidation sites excluding steroid dienone is 6. The van der Waals surface area contributed by atoms with Crippen molar-refractivity contribution in [3.05, 3.63) is 120 Å². The predicted molar refractivity (Wildman–Crippen MR) is 150 cm³/mol. The molecule has 0 aliphatic carbocycles. The number of rotatable bonds is 6. The van der Waals surface area contributed by atoms with E-state index in [1.165, 1.54) is 12.4 Å². The van der Waals surface area contributed by atoms with Gasteiger partial charge in [0, 0.05) is 29.1 Å². The minimum absolute atomic E-state index is 0.299. The zero-order chi connectivity index (χ0) is 25.7. The molecule has 0 bridgehead atoms. The third-order valence-electron chi connectivity index (χ3n) is 6.12. The minimum Gasteiger partial charge on any atom is -0.404 e. The lowest BCUT2D eigenvalue weighted by Gasteiger charge is -2.16. The molecule has 0 saturated heterocycles. The zero-order valence-electron chi connectivity index (χ0n) is 19.9. The Hall–Kier alpha value is -5.19. The maximum Gasteiger partial charge on any atom is 0.0985 e. The van der Waals surface area contributed by atoms with Gasteiger partial charge in [-0.2, -0.15) is 10.5 Å². The van der Waals surface area contributed by atoms with Crippen LogP contribution < -0.4 is 5.73 Å². The lowest BCUT2D eigenvalue weighted by atomic mass is 9.87. The van der Waals surface area contributed by atoms with E-state index in [2.05, 4.69) is 43.0 Å². The summed E-state index contributed by atoms with van der Waals surface area (Å²) in [5, 5.41) is 30.5. The van der Waals surface area contributed by atoms with Crippen molar-refractivity contribution in [1.29, 1.82) is 15.9 Å². The van der Waals surface area contributed by atoms with Gasteiger partial charge in [-0.05, 0) is 68.4 Å². The summed E-state index contributed by atoms with van der Waals surface area (Å²) in [5.74, 6) is 0. The van der Waals surface area contributed by atoms with Gasteiger partial charge in [0.1, 0.15) is 0 Å². The van der Waals surface area contributed by atoms with Crippen LogP contribution >= 0.6 is 0 Å². The van der Waals surface area contributed by atoms with Gasteiger partial charge in [0.2, 0.25) is 0 Å². The van der Waals surface area contributed by atoms with Crippen LogP contribution in [0.2, 0.25) is 0 Å². The van der Waals surface area contributed by atoms with Crippen LogP contribution in [0.4, 0.5) is 0 Å². The maximum atomic E-state index is 9.25. The van der Waals surface area contributed by atoms with Crippen LogP contribution in [-0.2, 0) is 0 Å². The van der Waals surface area contributed by atoms with E-state index in [4.69, 9.17) is 11.1 Å². The molecule has 0 aliphatic heterocycles. The van der Waals surface area contributed by atoms with Crippen LogP contribution in [0.5, 0.6) is 0 Å². The number of nitrogens with two attached hydrogens (primary N) is 1. The summed E-state index contributed by atoms with van der Waals surface area (Å²) in [7, 11) is 0. The number of hydrogen-bond donors (Lipinski definition) is 2. The number of hydrogen-bond acceptors (Lipinski definition) is 4. The largest absolute Gasteiger partial charge is 0.404 e. The first-order valence-electron chi connectivity index (χ1n) is 11.4. The average Bonchev–Trinajstić information content (AvgIpc) is 2.93. The van der Waals surface area contributed by atoms with Crippen LogP contribution in [0, 0.1) is 28.1 Å². The van der Waals surface area contributed by atoms with Crippen molar-refractivity contribution in [2.75, 3.05) is 0 Å². The molecule has 36 heavy (non-hydrogen) atoms. The van der Waals surface area contributed by atoms with Gasteiger partial charge < -0.3 is 11.1 Å². The van der Waals surface area contributed by atoms with Crippen LogP contribution in [0.3, 0.4) is 0 Å². The second-order valence-electron chi connectivity index (χ2n) is 8.35. The van der Waals surface area contributed by atoms with E-state index in [0.717, 1.165) is 49.4 Å². The molecule has 4 aromatic carbocycles. The summed E-state index contributed by atoms with van der Waals surface area (Å²) in [6, 6.07) is 28.6. The monoisotopic (exact) mass is 464 g/mol. The molecule has 0 amide bonds. The third kappa shape index (κ3) is 4.44. The van der Waals surface area contributed by atoms with E-state index < -0.39 is 0 Å². The van der Waals surface area contributed by atoms with Gasteiger partial charge in [-0.1, -0.05) is 79.4 Å². The van der Waals surface area contributed by atoms with E-state index in [1.54, 1.807) is 19.1 Å². The van der Waals surface area contributed by atoms with Crippen molar-refractivity contribution in [3.8, 4) is 23.3 Å². The van der Waals surface area contributed by atoms with E-state index in [-0.39, 0.29) is 0 Å². The Morgan fingerprint density at radius 2 is 1.25 bits per heavy atom. The fourth-order valence-corrected chi connectivity index (χ4v) is 4.47. The topological polar surface area (TPSA) is 97.5 Å². The number of nitriles is 2. The SMILES string of the molecule is C=C(C#N)/C=C(\C=N)c1ccc(-c2ccc(C(/C=C(\C)C#N)=C/N)c3ccccc23)c2ccccc12. The summed E-state index contributed by atoms with van der Waals surface area (Å²) in [4.78, 5) is 0. The van der Waals surface area contributed by atoms with Crippen molar-refractivity contribution in [2.45, 2.75) is 6.92 Å². The summed E-state index contributed by atoms with van der Waals surface area (Å²) in [6.07, 6.45) is 6.22. The highest BCUT2D eigenvalue weighted by atomic mass is 14.5. The quantitative estimate of drug-likeness (QED) is 0.175. The van der Waals surface area contributed by atoms with Crippen LogP contribution in [0.1, 0.15) is 18.1 Å². The fraction of sp³-hybridized carbons (Fsp3) is 0.0312. The van der Waals surface area contributed by atoms with Gasteiger partial charge in [-0.25, -0.2) is 0 Å². The Balaban J connectivity index is 1.99. The zero-order valence-corrected chi connectivity index (χ0v) is 19.9. The lowest BCUT2D eigenvalue weighted by Crippen LogP contribution is -1.94. The molecular formula is C32H24N4. The molecule has 4 nitrogen and oxygen atoms in total. The van der Waals surface area contributed by atoms with E-state index in [1.807, 2.05) is 48.5 Å². The van der Waals surface area contributed by atoms with Crippen molar-refractivity contribution < 1.29 is 0 Å². The first-order valence-corrected chi connectivity index (χ1v) is 11.4. The van der Waals surface area contributed by atoms with E-state index in [0.29, 0.717) is 16.7 Å². The van der Waals surface area contributed by atoms with Gasteiger partial charge in [0.15, 0.2) is 0 Å². The Kier molecular flexibility index (Phi) is 6.91. The maximum absolute atomic E-state index is 9.25. The molecule has 0 spiro atoms. The lowest BCUT2D eigenvalue weighted by molar-refractivity contribution is 1.44. The van der Waals surface area contributed by atoms with E-state index >= 15 is 0 Å². The standard InChI is InChI=1S/C32H24N4/c1-21(17-33)15-23(19-35)25-11-13-31(29-9-5-3-7-27(25)29)32-14-12-26(24(20-36)16-22(2)18-34)28-8-4-6-10-30(28)32/h3-16,19-20,35H,1,36H2,2H3/b22-16+,23-15+,24-20+,35-19?. The van der Waals surface area contributed by atoms with Gasteiger partial charge in [0.25, 0.3) is 0 Å². The number of nitrogens with one attached hydrogen (secondary N) is 1. The second-order valence-corrected chi connectivity index (χ2v) is 8.35. The molecule has 0 heterocycles. The summed E-state index contributed by atoms with van der Waals surface area (Å²) in [5.41, 5.74) is 12.2. The molecule has 0 atom stereocenters. The normalized spacial score (nSPS) is 12.2. The molecule has 4 rings (SSSR count). The third-order valence-corrected chi connectivity index (χ3v) is 6.12. The highest BCUT2D eigenvalue weighted by molar-refractivity contribution is 6.17. The summed E-state index contributed by atoms with van der Waals surface area (Å²) >= 11 is 0. The highest BCUT2D eigenvalue weighted by Crippen LogP contribution is 2.39. The van der Waals surface area contributed by atoms with Crippen LogP contribution in [0.15, 0.2) is 109 Å². The van der Waals surface area contributed by atoms with Crippen molar-refractivity contribution in [1.82, 2.24) is 0 Å². The highest BCUT2D eigenvalue weighted by Gasteiger charge is 2.14. The van der Waals surface area contributed by atoms with Gasteiger partial charge in [-0.3, -0.25) is 0 Å². The first-order chi connectivity index (χ1) is 17.5. The number of benzene rings is 4.